The zero-order valence-electron chi connectivity index (χ0n) is 16.8. The summed E-state index contributed by atoms with van der Waals surface area (Å²) in [6, 6.07) is 6.63. The third-order valence-corrected chi connectivity index (χ3v) is 5.43. The second-order valence-corrected chi connectivity index (χ2v) is 9.12. The summed E-state index contributed by atoms with van der Waals surface area (Å²) in [6.45, 7) is 3.30. The number of aliphatic imine (C=N–C) groups is 1. The van der Waals surface area contributed by atoms with Gasteiger partial charge in [0.05, 0.1) is 17.7 Å². The maximum absolute atomic E-state index is 11.2. The zero-order chi connectivity index (χ0) is 20.6. The molecular weight excluding hydrogens is 509 g/mol. The van der Waals surface area contributed by atoms with Crippen molar-refractivity contribution >= 4 is 45.6 Å². The Hall–Kier alpha value is -1.47. The van der Waals surface area contributed by atoms with E-state index in [-0.39, 0.29) is 36.2 Å². The quantitative estimate of drug-likeness (QED) is 0.116. The lowest BCUT2D eigenvalue weighted by molar-refractivity contribution is -0.384. The average molecular weight is 539 g/mol. The van der Waals surface area contributed by atoms with E-state index in [2.05, 4.69) is 27.3 Å². The predicted molar refractivity (Wildman–Crippen MR) is 125 cm³/mol. The molecule has 9 nitrogen and oxygen atoms in total. The summed E-state index contributed by atoms with van der Waals surface area (Å²) in [4.78, 5) is 14.9. The summed E-state index contributed by atoms with van der Waals surface area (Å²) < 4.78 is 24.8. The number of non-ortho nitro benzene ring substituents is 1. The maximum atomic E-state index is 11.2. The van der Waals surface area contributed by atoms with Crippen LogP contribution < -0.4 is 15.4 Å². The molecular formula is C18H30IN5O4S. The standard InChI is InChI=1S/C18H29N5O4S.HI/c1-14-3-7-16(8-4-14)22-18(19-11-12-21-28(2,26)27)20-13-15-5-9-17(10-6-15)23(24)25;/h5-6,9-10,14,16,21H,3-4,7-8,11-13H2,1-2H3,(H2,19,20,22);1H. The minimum atomic E-state index is -3.23. The van der Waals surface area contributed by atoms with E-state index in [4.69, 9.17) is 0 Å². The molecule has 29 heavy (non-hydrogen) atoms. The van der Waals surface area contributed by atoms with E-state index in [9.17, 15) is 18.5 Å². The number of halogens is 1. The fourth-order valence-electron chi connectivity index (χ4n) is 3.06. The van der Waals surface area contributed by atoms with E-state index in [0.29, 0.717) is 25.1 Å². The molecule has 1 aromatic carbocycles. The van der Waals surface area contributed by atoms with Gasteiger partial charge in [0.25, 0.3) is 5.69 Å². The van der Waals surface area contributed by atoms with E-state index < -0.39 is 14.9 Å². The number of nitro benzene ring substituents is 1. The Balaban J connectivity index is 0.00000420. The normalized spacial score (nSPS) is 19.9. The fraction of sp³-hybridized carbons (Fsp3) is 0.611. The van der Waals surface area contributed by atoms with E-state index in [1.54, 1.807) is 12.1 Å². The lowest BCUT2D eigenvalue weighted by atomic mass is 9.87. The molecule has 0 aliphatic heterocycles. The number of hydrogen-bond donors (Lipinski definition) is 3. The molecule has 3 N–H and O–H groups in total. The molecule has 0 bridgehead atoms. The monoisotopic (exact) mass is 539 g/mol. The van der Waals surface area contributed by atoms with Gasteiger partial charge < -0.3 is 10.6 Å². The molecule has 1 fully saturated rings. The smallest absolute Gasteiger partial charge is 0.269 e. The van der Waals surface area contributed by atoms with Gasteiger partial charge in [-0.25, -0.2) is 18.1 Å². The molecule has 0 amide bonds. The van der Waals surface area contributed by atoms with Gasteiger partial charge in [0.15, 0.2) is 5.96 Å². The molecule has 0 heterocycles. The second-order valence-electron chi connectivity index (χ2n) is 7.28. The van der Waals surface area contributed by atoms with Gasteiger partial charge in [-0.3, -0.25) is 10.1 Å². The first-order valence-corrected chi connectivity index (χ1v) is 11.3. The number of nitro groups is 1. The topological polar surface area (TPSA) is 126 Å². The van der Waals surface area contributed by atoms with Gasteiger partial charge in [0, 0.05) is 31.3 Å². The van der Waals surface area contributed by atoms with Crippen molar-refractivity contribution in [3.8, 4) is 0 Å². The lowest BCUT2D eigenvalue weighted by Crippen LogP contribution is -2.46. The molecule has 1 saturated carbocycles. The number of benzene rings is 1. The summed E-state index contributed by atoms with van der Waals surface area (Å²) >= 11 is 0. The minimum Gasteiger partial charge on any atom is -0.355 e. The Morgan fingerprint density at radius 3 is 2.34 bits per heavy atom. The molecule has 1 aliphatic rings. The van der Waals surface area contributed by atoms with E-state index in [1.165, 1.54) is 25.0 Å². The molecule has 0 saturated heterocycles. The molecule has 2 rings (SSSR count). The summed E-state index contributed by atoms with van der Waals surface area (Å²) in [6.07, 6.45) is 5.60. The maximum Gasteiger partial charge on any atom is 0.269 e. The highest BCUT2D eigenvalue weighted by Crippen LogP contribution is 2.23. The van der Waals surface area contributed by atoms with Crippen LogP contribution in [-0.4, -0.2) is 44.7 Å². The van der Waals surface area contributed by atoms with Crippen molar-refractivity contribution in [1.29, 1.82) is 0 Å². The van der Waals surface area contributed by atoms with Crippen LogP contribution in [0.3, 0.4) is 0 Å². The van der Waals surface area contributed by atoms with Crippen molar-refractivity contribution < 1.29 is 13.3 Å². The number of hydrogen-bond acceptors (Lipinski definition) is 5. The third-order valence-electron chi connectivity index (χ3n) is 4.71. The van der Waals surface area contributed by atoms with Crippen LogP contribution in [0.2, 0.25) is 0 Å². The summed E-state index contributed by atoms with van der Waals surface area (Å²) in [5.41, 5.74) is 0.908. The largest absolute Gasteiger partial charge is 0.355 e. The molecule has 0 aromatic heterocycles. The number of rotatable bonds is 8. The van der Waals surface area contributed by atoms with Crippen LogP contribution in [0, 0.1) is 16.0 Å². The molecule has 1 aliphatic carbocycles. The van der Waals surface area contributed by atoms with E-state index in [1.807, 2.05) is 0 Å². The van der Waals surface area contributed by atoms with Gasteiger partial charge in [0.2, 0.25) is 10.0 Å². The van der Waals surface area contributed by atoms with Crippen molar-refractivity contribution in [2.75, 3.05) is 19.3 Å². The first kappa shape index (κ1) is 25.6. The van der Waals surface area contributed by atoms with Crippen LogP contribution in [0.25, 0.3) is 0 Å². The van der Waals surface area contributed by atoms with Crippen molar-refractivity contribution in [2.24, 2.45) is 10.9 Å². The van der Waals surface area contributed by atoms with Gasteiger partial charge >= 0.3 is 0 Å². The summed E-state index contributed by atoms with van der Waals surface area (Å²) in [7, 11) is -3.23. The van der Waals surface area contributed by atoms with Crippen LogP contribution in [-0.2, 0) is 16.6 Å². The van der Waals surface area contributed by atoms with Gasteiger partial charge in [-0.2, -0.15) is 0 Å². The van der Waals surface area contributed by atoms with Crippen LogP contribution in [0.15, 0.2) is 29.3 Å². The van der Waals surface area contributed by atoms with Crippen LogP contribution in [0.5, 0.6) is 0 Å². The summed E-state index contributed by atoms with van der Waals surface area (Å²) in [5.74, 6) is 1.36. The Morgan fingerprint density at radius 1 is 1.17 bits per heavy atom. The highest BCUT2D eigenvalue weighted by atomic mass is 127. The molecule has 0 unspecified atom stereocenters. The number of guanidine groups is 1. The highest BCUT2D eigenvalue weighted by Gasteiger charge is 2.19. The zero-order valence-corrected chi connectivity index (χ0v) is 19.9. The number of sulfonamides is 1. The van der Waals surface area contributed by atoms with Crippen molar-refractivity contribution in [2.45, 2.75) is 45.2 Å². The van der Waals surface area contributed by atoms with E-state index >= 15 is 0 Å². The second kappa shape index (κ2) is 12.3. The lowest BCUT2D eigenvalue weighted by Gasteiger charge is -2.28. The van der Waals surface area contributed by atoms with Gasteiger partial charge in [-0.05, 0) is 37.2 Å². The summed E-state index contributed by atoms with van der Waals surface area (Å²) in [5, 5.41) is 17.3. The Kier molecular flexibility index (Phi) is 10.8. The van der Waals surface area contributed by atoms with Crippen molar-refractivity contribution in [3.05, 3.63) is 39.9 Å². The predicted octanol–water partition coefficient (Wildman–Crippen LogP) is 2.38. The highest BCUT2D eigenvalue weighted by molar-refractivity contribution is 14.0. The van der Waals surface area contributed by atoms with Crippen LogP contribution in [0.1, 0.15) is 38.2 Å². The molecule has 11 heteroatoms. The molecule has 0 radical (unpaired) electrons. The SMILES string of the molecule is CC1CCC(NC(=NCc2ccc([N+](=O)[O-])cc2)NCCNS(C)(=O)=O)CC1.I. The number of nitrogens with one attached hydrogen (secondary N) is 3. The van der Waals surface area contributed by atoms with Crippen LogP contribution in [0.4, 0.5) is 5.69 Å². The first-order valence-electron chi connectivity index (χ1n) is 9.46. The molecule has 1 aromatic rings. The van der Waals surface area contributed by atoms with E-state index in [0.717, 1.165) is 30.6 Å². The van der Waals surface area contributed by atoms with Crippen LogP contribution >= 0.6 is 24.0 Å². The fourth-order valence-corrected chi connectivity index (χ4v) is 3.53. The Bertz CT molecular complexity index is 778. The third kappa shape index (κ3) is 10.2. The van der Waals surface area contributed by atoms with Crippen molar-refractivity contribution in [3.63, 3.8) is 0 Å². The van der Waals surface area contributed by atoms with Gasteiger partial charge in [-0.15, -0.1) is 24.0 Å². The molecule has 164 valence electrons. The molecule has 0 spiro atoms. The average Bonchev–Trinajstić information content (AvgIpc) is 2.64. The Labute approximate surface area is 189 Å². The van der Waals surface area contributed by atoms with Gasteiger partial charge in [-0.1, -0.05) is 19.1 Å². The Morgan fingerprint density at radius 2 is 1.79 bits per heavy atom. The number of nitrogens with zero attached hydrogens (tertiary/aromatic N) is 2. The van der Waals surface area contributed by atoms with Crippen molar-refractivity contribution in [1.82, 2.24) is 15.4 Å². The minimum absolute atomic E-state index is 0. The first-order chi connectivity index (χ1) is 13.2. The van der Waals surface area contributed by atoms with Gasteiger partial charge in [0.1, 0.15) is 0 Å². The molecule has 0 atom stereocenters.